The van der Waals surface area contributed by atoms with E-state index in [9.17, 15) is 14.7 Å². The third-order valence-corrected chi connectivity index (χ3v) is 9.25. The minimum Gasteiger partial charge on any atom is -0.481 e. The van der Waals surface area contributed by atoms with Gasteiger partial charge in [-0.05, 0) is 111 Å². The second-order valence-corrected chi connectivity index (χ2v) is 11.5. The van der Waals surface area contributed by atoms with Gasteiger partial charge in [0.15, 0.2) is 0 Å². The Hall–Kier alpha value is -4.00. The lowest BCUT2D eigenvalue weighted by Gasteiger charge is -2.32. The number of carboxylic acids is 1. The lowest BCUT2D eigenvalue weighted by atomic mass is 9.76. The van der Waals surface area contributed by atoms with Gasteiger partial charge in [0.1, 0.15) is 5.52 Å². The third kappa shape index (κ3) is 4.92. The molecule has 0 aliphatic carbocycles. The number of nitrogens with zero attached hydrogens (tertiary/aromatic N) is 4. The number of aryl methyl sites for hydroxylation is 4. The van der Waals surface area contributed by atoms with E-state index in [2.05, 4.69) is 48.4 Å². The van der Waals surface area contributed by atoms with Crippen molar-refractivity contribution in [1.82, 2.24) is 19.9 Å². The first-order chi connectivity index (χ1) is 19.6. The topological polar surface area (TPSA) is 88.3 Å². The monoisotopic (exact) mass is 552 g/mol. The van der Waals surface area contributed by atoms with E-state index in [4.69, 9.17) is 0 Å². The van der Waals surface area contributed by atoms with Gasteiger partial charge >= 0.3 is 5.97 Å². The fraction of sp³-hybridized carbons (Fsp3) is 0.412. The second kappa shape index (κ2) is 11.1. The van der Waals surface area contributed by atoms with E-state index >= 15 is 0 Å². The van der Waals surface area contributed by atoms with Crippen LogP contribution >= 0.6 is 0 Å². The summed E-state index contributed by atoms with van der Waals surface area (Å²) in [6.07, 6.45) is 1.27. The smallest absolute Gasteiger partial charge is 0.307 e. The Labute approximate surface area is 242 Å². The van der Waals surface area contributed by atoms with Crippen LogP contribution < -0.4 is 0 Å². The van der Waals surface area contributed by atoms with Gasteiger partial charge in [0.25, 0.3) is 5.91 Å². The maximum Gasteiger partial charge on any atom is 0.307 e. The zero-order chi connectivity index (χ0) is 29.6. The molecule has 41 heavy (non-hydrogen) atoms. The molecule has 1 aliphatic heterocycles. The summed E-state index contributed by atoms with van der Waals surface area (Å²) in [5.74, 6) is -1.71. The van der Waals surface area contributed by atoms with Crippen LogP contribution in [0.25, 0.3) is 11.0 Å². The first-order valence-electron chi connectivity index (χ1n) is 14.6. The summed E-state index contributed by atoms with van der Waals surface area (Å²) in [5, 5.41) is 19.0. The zero-order valence-electron chi connectivity index (χ0n) is 25.2. The Balaban J connectivity index is 1.56. The molecule has 0 bridgehead atoms. The number of hydrogen-bond donors (Lipinski definition) is 1. The van der Waals surface area contributed by atoms with Crippen LogP contribution in [0.3, 0.4) is 0 Å². The van der Waals surface area contributed by atoms with Gasteiger partial charge in [-0.3, -0.25) is 9.59 Å². The fourth-order valence-electron chi connectivity index (χ4n) is 6.57. The summed E-state index contributed by atoms with van der Waals surface area (Å²) in [4.78, 5) is 28.4. The Morgan fingerprint density at radius 3 is 2.27 bits per heavy atom. The van der Waals surface area contributed by atoms with Crippen molar-refractivity contribution in [1.29, 1.82) is 0 Å². The van der Waals surface area contributed by atoms with Gasteiger partial charge in [-0.25, -0.2) is 4.68 Å². The van der Waals surface area contributed by atoms with E-state index in [1.807, 2.05) is 56.3 Å². The van der Waals surface area contributed by atoms with E-state index in [0.29, 0.717) is 26.1 Å². The van der Waals surface area contributed by atoms with Crippen molar-refractivity contribution in [2.24, 2.45) is 5.92 Å². The van der Waals surface area contributed by atoms with E-state index in [1.54, 1.807) is 0 Å². The van der Waals surface area contributed by atoms with Crippen LogP contribution in [0.15, 0.2) is 36.4 Å². The van der Waals surface area contributed by atoms with Crippen LogP contribution in [-0.4, -0.2) is 43.4 Å². The molecule has 0 spiro atoms. The molecule has 214 valence electrons. The highest BCUT2D eigenvalue weighted by molar-refractivity contribution is 5.98. The summed E-state index contributed by atoms with van der Waals surface area (Å²) < 4.78 is 1.86. The highest BCUT2D eigenvalue weighted by atomic mass is 16.4. The zero-order valence-corrected chi connectivity index (χ0v) is 25.2. The van der Waals surface area contributed by atoms with E-state index in [-0.39, 0.29) is 11.8 Å². The number of carbonyl (C=O) groups excluding carboxylic acids is 1. The lowest BCUT2D eigenvalue weighted by Crippen LogP contribution is -2.37. The molecule has 4 aromatic rings. The highest BCUT2D eigenvalue weighted by Crippen LogP contribution is 2.39. The molecule has 2 atom stereocenters. The van der Waals surface area contributed by atoms with Gasteiger partial charge in [0, 0.05) is 31.1 Å². The molecular formula is C34H40N4O3. The predicted molar refractivity (Wildman–Crippen MR) is 161 cm³/mol. The number of carboxylic acid groups (broad SMARTS) is 1. The lowest BCUT2D eigenvalue weighted by molar-refractivity contribution is -0.142. The summed E-state index contributed by atoms with van der Waals surface area (Å²) in [6.45, 7) is 16.0. The number of hydrogen-bond acceptors (Lipinski definition) is 4. The van der Waals surface area contributed by atoms with Crippen LogP contribution in [0.1, 0.15) is 86.6 Å². The molecule has 1 aromatic heterocycles. The predicted octanol–water partition coefficient (Wildman–Crippen LogP) is 6.43. The first kappa shape index (κ1) is 28.5. The Morgan fingerprint density at radius 2 is 1.63 bits per heavy atom. The van der Waals surface area contributed by atoms with Crippen LogP contribution in [0.2, 0.25) is 0 Å². The van der Waals surface area contributed by atoms with Crippen molar-refractivity contribution < 1.29 is 14.7 Å². The van der Waals surface area contributed by atoms with Gasteiger partial charge in [-0.15, -0.1) is 5.10 Å². The van der Waals surface area contributed by atoms with E-state index in [0.717, 1.165) is 67.5 Å². The molecule has 1 N–H and O–H groups in total. The molecule has 2 unspecified atom stereocenters. The Morgan fingerprint density at radius 1 is 0.927 bits per heavy atom. The molecular weight excluding hydrogens is 512 g/mol. The Kier molecular flexibility index (Phi) is 7.73. The average Bonchev–Trinajstić information content (AvgIpc) is 3.39. The minimum atomic E-state index is -0.815. The van der Waals surface area contributed by atoms with Crippen LogP contribution in [0, 0.1) is 40.5 Å². The molecule has 0 fully saturated rings. The van der Waals surface area contributed by atoms with Gasteiger partial charge in [-0.2, -0.15) is 0 Å². The number of fused-ring (bicyclic) bond motifs is 2. The standard InChI is InChI=1S/C34H40N4O3/c1-8-27(34(40)41)31(28-12-13-29-32(23(28)7)35-36-38(29)9-2)25-11-10-24-14-15-37(18-26(24)17-25)33(39)30-21(5)19(3)16-20(4)22(30)6/h10-13,16-17,27,31H,8-9,14-15,18H2,1-7H3,(H,40,41). The van der Waals surface area contributed by atoms with Crippen LogP contribution in [0.4, 0.5) is 0 Å². The Bertz CT molecular complexity index is 1640. The maximum absolute atomic E-state index is 13.9. The van der Waals surface area contributed by atoms with Gasteiger partial charge in [-0.1, -0.05) is 42.5 Å². The molecule has 7 nitrogen and oxygen atoms in total. The van der Waals surface area contributed by atoms with Crippen LogP contribution in [0.5, 0.6) is 0 Å². The molecule has 7 heteroatoms. The molecule has 5 rings (SSSR count). The number of carbonyl (C=O) groups is 2. The minimum absolute atomic E-state index is 0.0664. The van der Waals surface area contributed by atoms with Crippen molar-refractivity contribution in [3.8, 4) is 0 Å². The first-order valence-corrected chi connectivity index (χ1v) is 14.6. The summed E-state index contributed by atoms with van der Waals surface area (Å²) in [5.41, 5.74) is 12.1. The normalized spacial score (nSPS) is 14.7. The van der Waals surface area contributed by atoms with Gasteiger partial charge in [0.05, 0.1) is 11.4 Å². The number of rotatable bonds is 7. The average molecular weight is 553 g/mol. The van der Waals surface area contributed by atoms with Gasteiger partial charge < -0.3 is 10.0 Å². The number of aliphatic carboxylic acids is 1. The molecule has 1 aliphatic rings. The molecule has 0 saturated heterocycles. The van der Waals surface area contributed by atoms with E-state index in [1.165, 1.54) is 5.56 Å². The van der Waals surface area contributed by atoms with Crippen molar-refractivity contribution in [3.63, 3.8) is 0 Å². The molecule has 0 saturated carbocycles. The quantitative estimate of drug-likeness (QED) is 0.285. The largest absolute Gasteiger partial charge is 0.481 e. The maximum atomic E-state index is 13.9. The van der Waals surface area contributed by atoms with Crippen molar-refractivity contribution in [2.45, 2.75) is 80.3 Å². The summed E-state index contributed by atoms with van der Waals surface area (Å²) in [6, 6.07) is 12.5. The molecule has 2 heterocycles. The van der Waals surface area contributed by atoms with Gasteiger partial charge in [0.2, 0.25) is 0 Å². The van der Waals surface area contributed by atoms with Crippen molar-refractivity contribution >= 4 is 22.9 Å². The van der Waals surface area contributed by atoms with Crippen molar-refractivity contribution in [2.75, 3.05) is 6.54 Å². The second-order valence-electron chi connectivity index (χ2n) is 11.5. The number of benzene rings is 3. The summed E-state index contributed by atoms with van der Waals surface area (Å²) >= 11 is 0. The third-order valence-electron chi connectivity index (χ3n) is 9.25. The molecule has 0 radical (unpaired) electrons. The van der Waals surface area contributed by atoms with E-state index < -0.39 is 11.9 Å². The number of aromatic nitrogens is 3. The van der Waals surface area contributed by atoms with Crippen LogP contribution in [-0.2, 0) is 24.3 Å². The molecule has 3 aromatic carbocycles. The molecule has 1 amide bonds. The number of amides is 1. The van der Waals surface area contributed by atoms with Crippen molar-refractivity contribution in [3.05, 3.63) is 92.0 Å². The highest BCUT2D eigenvalue weighted by Gasteiger charge is 2.33. The fourth-order valence-corrected chi connectivity index (χ4v) is 6.57. The SMILES string of the molecule is CCC(C(=O)O)C(c1ccc2c(c1)CN(C(=O)c1c(C)c(C)cc(C)c1C)CC2)c1ccc2c(nnn2CC)c1C. The summed E-state index contributed by atoms with van der Waals surface area (Å²) in [7, 11) is 0.